The van der Waals surface area contributed by atoms with Crippen LogP contribution in [0.15, 0.2) is 12.1 Å². The number of nitrogens with two attached hydrogens (primary N) is 1. The van der Waals surface area contributed by atoms with Crippen molar-refractivity contribution in [1.29, 1.82) is 0 Å². The minimum absolute atomic E-state index is 0.0972. The minimum atomic E-state index is -1.76. The molecule has 6 heteroatoms. The second kappa shape index (κ2) is 4.18. The molecular formula is C11H11F4NO. The fraction of sp³-hybridized carbons (Fsp3) is 0.455. The van der Waals surface area contributed by atoms with Crippen molar-refractivity contribution in [3.05, 3.63) is 29.3 Å². The molecule has 1 unspecified atom stereocenters. The molecule has 1 aliphatic rings. The molecule has 1 aliphatic heterocycles. The molecule has 1 aromatic carbocycles. The van der Waals surface area contributed by atoms with Crippen LogP contribution in [0.5, 0.6) is 5.75 Å². The Morgan fingerprint density at radius 2 is 1.94 bits per heavy atom. The number of benzene rings is 1. The summed E-state index contributed by atoms with van der Waals surface area (Å²) < 4.78 is 57.0. The van der Waals surface area contributed by atoms with E-state index in [1.807, 2.05) is 0 Å². The van der Waals surface area contributed by atoms with Crippen molar-refractivity contribution >= 4 is 0 Å². The highest BCUT2D eigenvalue weighted by Crippen LogP contribution is 2.41. The molecule has 0 saturated carbocycles. The molecule has 0 fully saturated rings. The van der Waals surface area contributed by atoms with E-state index in [1.54, 1.807) is 0 Å². The Morgan fingerprint density at radius 3 is 2.53 bits per heavy atom. The number of ether oxygens (including phenoxy) is 1. The van der Waals surface area contributed by atoms with Crippen LogP contribution in [0.3, 0.4) is 0 Å². The molecule has 0 radical (unpaired) electrons. The number of fused-ring (bicyclic) bond motifs is 1. The SMILES string of the molecule is NC1CC(CF)(CF)Oc2c(F)cc(F)cc21. The largest absolute Gasteiger partial charge is 0.478 e. The first-order chi connectivity index (χ1) is 8.01. The monoisotopic (exact) mass is 249 g/mol. The number of rotatable bonds is 2. The van der Waals surface area contributed by atoms with Gasteiger partial charge < -0.3 is 10.5 Å². The van der Waals surface area contributed by atoms with Gasteiger partial charge in [-0.15, -0.1) is 0 Å². The van der Waals surface area contributed by atoms with Crippen molar-refractivity contribution in [2.75, 3.05) is 13.3 Å². The Bertz CT molecular complexity index is 434. The Kier molecular flexibility index (Phi) is 2.99. The first-order valence-corrected chi connectivity index (χ1v) is 5.07. The molecule has 0 aliphatic carbocycles. The first-order valence-electron chi connectivity index (χ1n) is 5.07. The van der Waals surface area contributed by atoms with Gasteiger partial charge in [-0.25, -0.2) is 17.6 Å². The zero-order valence-corrected chi connectivity index (χ0v) is 8.85. The van der Waals surface area contributed by atoms with E-state index in [2.05, 4.69) is 0 Å². The van der Waals surface area contributed by atoms with E-state index in [0.29, 0.717) is 6.07 Å². The standard InChI is InChI=1S/C11H11F4NO/c12-4-11(5-13)3-9(16)7-1-6(14)2-8(15)10(7)17-11/h1-2,9H,3-5,16H2. The summed E-state index contributed by atoms with van der Waals surface area (Å²) in [6.45, 7) is -2.24. The Balaban J connectivity index is 2.49. The van der Waals surface area contributed by atoms with E-state index in [-0.39, 0.29) is 17.7 Å². The molecule has 17 heavy (non-hydrogen) atoms. The molecule has 1 aromatic rings. The van der Waals surface area contributed by atoms with Crippen LogP contribution in [0.25, 0.3) is 0 Å². The molecule has 0 aromatic heterocycles. The lowest BCUT2D eigenvalue weighted by atomic mass is 9.89. The average Bonchev–Trinajstić information content (AvgIpc) is 2.30. The first kappa shape index (κ1) is 12.2. The predicted molar refractivity (Wildman–Crippen MR) is 53.2 cm³/mol. The number of hydrogen-bond donors (Lipinski definition) is 1. The summed E-state index contributed by atoms with van der Waals surface area (Å²) >= 11 is 0. The number of hydrogen-bond acceptors (Lipinski definition) is 2. The van der Waals surface area contributed by atoms with Gasteiger partial charge in [0.05, 0.1) is 0 Å². The third-order valence-electron chi connectivity index (χ3n) is 2.83. The van der Waals surface area contributed by atoms with Gasteiger partial charge in [0.2, 0.25) is 0 Å². The summed E-state index contributed by atoms with van der Waals surface area (Å²) in [6, 6.07) is 0.761. The van der Waals surface area contributed by atoms with Crippen molar-refractivity contribution in [3.63, 3.8) is 0 Å². The van der Waals surface area contributed by atoms with Crippen LogP contribution in [0.2, 0.25) is 0 Å². The molecular weight excluding hydrogens is 238 g/mol. The molecule has 1 atom stereocenters. The maximum absolute atomic E-state index is 13.5. The molecule has 0 saturated heterocycles. The number of halogens is 4. The van der Waals surface area contributed by atoms with Crippen LogP contribution in [0.1, 0.15) is 18.0 Å². The third-order valence-corrected chi connectivity index (χ3v) is 2.83. The van der Waals surface area contributed by atoms with E-state index in [0.717, 1.165) is 6.07 Å². The fourth-order valence-electron chi connectivity index (χ4n) is 1.93. The zero-order valence-electron chi connectivity index (χ0n) is 8.85. The summed E-state index contributed by atoms with van der Waals surface area (Å²) in [6.07, 6.45) is -0.157. The lowest BCUT2D eigenvalue weighted by Gasteiger charge is -2.37. The smallest absolute Gasteiger partial charge is 0.168 e. The summed E-state index contributed by atoms with van der Waals surface area (Å²) in [7, 11) is 0. The van der Waals surface area contributed by atoms with E-state index in [9.17, 15) is 17.6 Å². The Hall–Kier alpha value is -1.30. The van der Waals surface area contributed by atoms with Crippen LogP contribution < -0.4 is 10.5 Å². The Morgan fingerprint density at radius 1 is 1.29 bits per heavy atom. The molecule has 1 heterocycles. The fourth-order valence-corrected chi connectivity index (χ4v) is 1.93. The topological polar surface area (TPSA) is 35.2 Å². The summed E-state index contributed by atoms with van der Waals surface area (Å²) in [4.78, 5) is 0. The second-order valence-corrected chi connectivity index (χ2v) is 4.17. The van der Waals surface area contributed by atoms with Crippen LogP contribution in [-0.2, 0) is 0 Å². The molecule has 2 nitrogen and oxygen atoms in total. The van der Waals surface area contributed by atoms with Gasteiger partial charge in [-0.1, -0.05) is 0 Å². The predicted octanol–water partition coefficient (Wildman–Crippen LogP) is 2.42. The van der Waals surface area contributed by atoms with Gasteiger partial charge >= 0.3 is 0 Å². The highest BCUT2D eigenvalue weighted by atomic mass is 19.1. The van der Waals surface area contributed by atoms with Crippen molar-refractivity contribution in [1.82, 2.24) is 0 Å². The average molecular weight is 249 g/mol. The molecule has 0 amide bonds. The van der Waals surface area contributed by atoms with Gasteiger partial charge in [0, 0.05) is 24.1 Å². The van der Waals surface area contributed by atoms with Gasteiger partial charge in [0.1, 0.15) is 19.2 Å². The Labute approximate surface area is 95.4 Å². The van der Waals surface area contributed by atoms with Gasteiger partial charge in [-0.2, -0.15) is 0 Å². The van der Waals surface area contributed by atoms with E-state index < -0.39 is 36.6 Å². The normalized spacial score (nSPS) is 21.8. The van der Waals surface area contributed by atoms with E-state index >= 15 is 0 Å². The molecule has 0 bridgehead atoms. The highest BCUT2D eigenvalue weighted by Gasteiger charge is 2.42. The van der Waals surface area contributed by atoms with E-state index in [1.165, 1.54) is 0 Å². The minimum Gasteiger partial charge on any atom is -0.478 e. The summed E-state index contributed by atoms with van der Waals surface area (Å²) in [5, 5.41) is 0. The van der Waals surface area contributed by atoms with Crippen molar-refractivity contribution in [2.45, 2.75) is 18.1 Å². The maximum atomic E-state index is 13.5. The van der Waals surface area contributed by atoms with Gasteiger partial charge in [-0.3, -0.25) is 0 Å². The van der Waals surface area contributed by atoms with E-state index in [4.69, 9.17) is 10.5 Å². The quantitative estimate of drug-likeness (QED) is 0.817. The van der Waals surface area contributed by atoms with Crippen molar-refractivity contribution in [3.8, 4) is 5.75 Å². The van der Waals surface area contributed by atoms with Gasteiger partial charge in [-0.05, 0) is 6.07 Å². The molecule has 0 spiro atoms. The summed E-state index contributed by atoms with van der Waals surface area (Å²) in [5.74, 6) is -2.16. The lowest BCUT2D eigenvalue weighted by Crippen LogP contribution is -2.47. The summed E-state index contributed by atoms with van der Waals surface area (Å²) in [5.41, 5.74) is 4.00. The van der Waals surface area contributed by atoms with Crippen LogP contribution in [0, 0.1) is 11.6 Å². The van der Waals surface area contributed by atoms with Gasteiger partial charge in [0.25, 0.3) is 0 Å². The van der Waals surface area contributed by atoms with Crippen LogP contribution >= 0.6 is 0 Å². The molecule has 2 rings (SSSR count). The zero-order chi connectivity index (χ0) is 12.6. The van der Waals surface area contributed by atoms with Crippen molar-refractivity contribution in [2.24, 2.45) is 5.73 Å². The van der Waals surface area contributed by atoms with Crippen LogP contribution in [-0.4, -0.2) is 19.0 Å². The second-order valence-electron chi connectivity index (χ2n) is 4.17. The number of alkyl halides is 2. The lowest BCUT2D eigenvalue weighted by molar-refractivity contribution is -0.0112. The third kappa shape index (κ3) is 1.97. The van der Waals surface area contributed by atoms with Crippen LogP contribution in [0.4, 0.5) is 17.6 Å². The molecule has 94 valence electrons. The molecule has 2 N–H and O–H groups in total. The van der Waals surface area contributed by atoms with Gasteiger partial charge in [0.15, 0.2) is 17.2 Å². The highest BCUT2D eigenvalue weighted by molar-refractivity contribution is 5.40. The van der Waals surface area contributed by atoms with Crippen molar-refractivity contribution < 1.29 is 22.3 Å². The maximum Gasteiger partial charge on any atom is 0.168 e.